The Morgan fingerprint density at radius 1 is 1.09 bits per heavy atom. The molecule has 0 saturated carbocycles. The maximum atomic E-state index is 11.8. The third-order valence-electron chi connectivity index (χ3n) is 2.82. The van der Waals surface area contributed by atoms with Gasteiger partial charge in [0.1, 0.15) is 0 Å². The standard InChI is InChI=1S/C15H25NO5Si/c1-4-19-22(20-5-2,21-6-3)12-11-18-15(17)13-14-9-7-8-10-16-14/h7-10H,4-6,11-13H2,1-3H3. The predicted molar refractivity (Wildman–Crippen MR) is 84.3 cm³/mol. The summed E-state index contributed by atoms with van der Waals surface area (Å²) in [4.78, 5) is 15.9. The van der Waals surface area contributed by atoms with E-state index in [0.717, 1.165) is 0 Å². The van der Waals surface area contributed by atoms with Crippen LogP contribution in [0.1, 0.15) is 26.5 Å². The Kier molecular flexibility index (Phi) is 8.91. The van der Waals surface area contributed by atoms with Crippen molar-refractivity contribution in [1.29, 1.82) is 0 Å². The van der Waals surface area contributed by atoms with Crippen molar-refractivity contribution in [1.82, 2.24) is 4.98 Å². The average Bonchev–Trinajstić information content (AvgIpc) is 2.49. The van der Waals surface area contributed by atoms with E-state index in [-0.39, 0.29) is 19.0 Å². The number of hydrogen-bond donors (Lipinski definition) is 0. The van der Waals surface area contributed by atoms with Crippen molar-refractivity contribution in [2.45, 2.75) is 33.2 Å². The minimum absolute atomic E-state index is 0.160. The molecule has 1 aromatic rings. The molecule has 0 spiro atoms. The number of esters is 1. The third kappa shape index (κ3) is 6.65. The van der Waals surface area contributed by atoms with Crippen molar-refractivity contribution in [3.63, 3.8) is 0 Å². The van der Waals surface area contributed by atoms with Crippen molar-refractivity contribution in [3.8, 4) is 0 Å². The van der Waals surface area contributed by atoms with E-state index in [4.69, 9.17) is 18.0 Å². The van der Waals surface area contributed by atoms with E-state index >= 15 is 0 Å². The molecule has 0 saturated heterocycles. The van der Waals surface area contributed by atoms with Crippen molar-refractivity contribution < 1.29 is 22.8 Å². The quantitative estimate of drug-likeness (QED) is 0.458. The van der Waals surface area contributed by atoms with Gasteiger partial charge in [-0.05, 0) is 32.9 Å². The molecule has 7 heteroatoms. The molecule has 0 unspecified atom stereocenters. The summed E-state index contributed by atoms with van der Waals surface area (Å²) in [5.74, 6) is -0.314. The molecule has 0 aliphatic heterocycles. The summed E-state index contributed by atoms with van der Waals surface area (Å²) >= 11 is 0. The lowest BCUT2D eigenvalue weighted by Crippen LogP contribution is -2.47. The first-order chi connectivity index (χ1) is 10.7. The fraction of sp³-hybridized carbons (Fsp3) is 0.600. The van der Waals surface area contributed by atoms with Crippen LogP contribution in [0.5, 0.6) is 0 Å². The first kappa shape index (κ1) is 18.8. The second-order valence-corrected chi connectivity index (χ2v) is 7.18. The number of nitrogens with zero attached hydrogens (tertiary/aromatic N) is 1. The van der Waals surface area contributed by atoms with Crippen molar-refractivity contribution in [3.05, 3.63) is 30.1 Å². The van der Waals surface area contributed by atoms with Crippen LogP contribution in [0.3, 0.4) is 0 Å². The van der Waals surface area contributed by atoms with E-state index in [2.05, 4.69) is 4.98 Å². The molecule has 0 bridgehead atoms. The minimum Gasteiger partial charge on any atom is -0.465 e. The molecule has 22 heavy (non-hydrogen) atoms. The molecule has 0 fully saturated rings. The molecule has 1 aromatic heterocycles. The highest BCUT2D eigenvalue weighted by Gasteiger charge is 2.40. The summed E-state index contributed by atoms with van der Waals surface area (Å²) in [6, 6.07) is 5.89. The Morgan fingerprint density at radius 3 is 2.23 bits per heavy atom. The van der Waals surface area contributed by atoms with Crippen LogP contribution < -0.4 is 0 Å². The monoisotopic (exact) mass is 327 g/mol. The molecular weight excluding hydrogens is 302 g/mol. The lowest BCUT2D eigenvalue weighted by atomic mass is 10.3. The van der Waals surface area contributed by atoms with E-state index in [1.165, 1.54) is 0 Å². The van der Waals surface area contributed by atoms with Crippen LogP contribution in [0.25, 0.3) is 0 Å². The summed E-state index contributed by atoms with van der Waals surface area (Å²) < 4.78 is 22.4. The number of pyridine rings is 1. The Hall–Kier alpha value is -1.28. The largest absolute Gasteiger partial charge is 0.504 e. The second-order valence-electron chi connectivity index (χ2n) is 4.45. The summed E-state index contributed by atoms with van der Waals surface area (Å²) in [7, 11) is -2.75. The lowest BCUT2D eigenvalue weighted by Gasteiger charge is -2.28. The van der Waals surface area contributed by atoms with Gasteiger partial charge in [-0.2, -0.15) is 0 Å². The van der Waals surface area contributed by atoms with Crippen molar-refractivity contribution in [2.24, 2.45) is 0 Å². The summed E-state index contributed by atoms with van der Waals surface area (Å²) in [5, 5.41) is 0. The summed E-state index contributed by atoms with van der Waals surface area (Å²) in [5.41, 5.74) is 0.690. The minimum atomic E-state index is -2.75. The highest BCUT2D eigenvalue weighted by Crippen LogP contribution is 2.16. The molecule has 6 nitrogen and oxygen atoms in total. The Morgan fingerprint density at radius 2 is 1.73 bits per heavy atom. The van der Waals surface area contributed by atoms with Gasteiger partial charge in [-0.1, -0.05) is 6.07 Å². The molecule has 0 aliphatic rings. The number of carbonyl (C=O) groups is 1. The van der Waals surface area contributed by atoms with E-state index in [9.17, 15) is 4.79 Å². The molecule has 124 valence electrons. The highest BCUT2D eigenvalue weighted by atomic mass is 28.4. The zero-order valence-electron chi connectivity index (χ0n) is 13.5. The molecule has 0 aliphatic carbocycles. The average molecular weight is 327 g/mol. The van der Waals surface area contributed by atoms with Crippen LogP contribution in [0, 0.1) is 0 Å². The zero-order chi connectivity index (χ0) is 16.3. The molecule has 0 aromatic carbocycles. The molecule has 0 radical (unpaired) electrons. The number of hydrogen-bond acceptors (Lipinski definition) is 6. The Balaban J connectivity index is 2.45. The van der Waals surface area contributed by atoms with Crippen LogP contribution >= 0.6 is 0 Å². The van der Waals surface area contributed by atoms with E-state index in [1.54, 1.807) is 18.3 Å². The van der Waals surface area contributed by atoms with Gasteiger partial charge in [0.05, 0.1) is 24.8 Å². The van der Waals surface area contributed by atoms with Gasteiger partial charge in [0, 0.05) is 26.0 Å². The molecular formula is C15H25NO5Si. The molecule has 0 amide bonds. The fourth-order valence-electron chi connectivity index (χ4n) is 1.99. The third-order valence-corrected chi connectivity index (χ3v) is 5.82. The zero-order valence-corrected chi connectivity index (χ0v) is 14.5. The van der Waals surface area contributed by atoms with E-state index in [0.29, 0.717) is 31.6 Å². The molecule has 1 rings (SSSR count). The van der Waals surface area contributed by atoms with Crippen molar-refractivity contribution >= 4 is 14.8 Å². The van der Waals surface area contributed by atoms with Gasteiger partial charge in [-0.3, -0.25) is 9.78 Å². The molecule has 1 heterocycles. The SMILES string of the molecule is CCO[Si](CCOC(=O)Cc1ccccn1)(OCC)OCC. The van der Waals surface area contributed by atoms with Crippen LogP contribution in [0.15, 0.2) is 24.4 Å². The van der Waals surface area contributed by atoms with Crippen LogP contribution in [-0.2, 0) is 29.2 Å². The van der Waals surface area contributed by atoms with Gasteiger partial charge in [0.2, 0.25) is 0 Å². The van der Waals surface area contributed by atoms with E-state index in [1.807, 2.05) is 26.8 Å². The van der Waals surface area contributed by atoms with Crippen LogP contribution in [0.2, 0.25) is 6.04 Å². The highest BCUT2D eigenvalue weighted by molar-refractivity contribution is 6.60. The fourth-order valence-corrected chi connectivity index (χ4v) is 4.35. The maximum absolute atomic E-state index is 11.8. The Bertz CT molecular complexity index is 412. The van der Waals surface area contributed by atoms with Gasteiger partial charge >= 0.3 is 14.8 Å². The van der Waals surface area contributed by atoms with Gasteiger partial charge in [-0.15, -0.1) is 0 Å². The first-order valence-electron chi connectivity index (χ1n) is 7.63. The number of aromatic nitrogens is 1. The van der Waals surface area contributed by atoms with Gasteiger partial charge < -0.3 is 18.0 Å². The van der Waals surface area contributed by atoms with Crippen LogP contribution in [-0.4, -0.2) is 46.2 Å². The first-order valence-corrected chi connectivity index (χ1v) is 9.56. The second kappa shape index (κ2) is 10.4. The topological polar surface area (TPSA) is 66.9 Å². The maximum Gasteiger partial charge on any atom is 0.504 e. The number of ether oxygens (including phenoxy) is 1. The normalized spacial score (nSPS) is 11.4. The Labute approximate surface area is 133 Å². The number of carbonyl (C=O) groups excluding carboxylic acids is 1. The van der Waals surface area contributed by atoms with Gasteiger partial charge in [0.25, 0.3) is 0 Å². The van der Waals surface area contributed by atoms with Crippen molar-refractivity contribution in [2.75, 3.05) is 26.4 Å². The molecule has 0 atom stereocenters. The molecule has 0 N–H and O–H groups in total. The predicted octanol–water partition coefficient (Wildman–Crippen LogP) is 2.22. The van der Waals surface area contributed by atoms with Gasteiger partial charge in [0.15, 0.2) is 0 Å². The summed E-state index contributed by atoms with van der Waals surface area (Å²) in [6.45, 7) is 7.43. The van der Waals surface area contributed by atoms with E-state index < -0.39 is 8.80 Å². The van der Waals surface area contributed by atoms with Gasteiger partial charge in [-0.25, -0.2) is 0 Å². The lowest BCUT2D eigenvalue weighted by molar-refractivity contribution is -0.142. The summed E-state index contributed by atoms with van der Waals surface area (Å²) in [6.07, 6.45) is 1.81. The number of rotatable bonds is 11. The smallest absolute Gasteiger partial charge is 0.465 e. The van der Waals surface area contributed by atoms with Crippen LogP contribution in [0.4, 0.5) is 0 Å².